The Morgan fingerprint density at radius 1 is 1.50 bits per heavy atom. The second-order valence-corrected chi connectivity index (χ2v) is 2.28. The van der Waals surface area contributed by atoms with Crippen LogP contribution in [0, 0.1) is 0 Å². The van der Waals surface area contributed by atoms with E-state index in [1.165, 1.54) is 0 Å². The zero-order chi connectivity index (χ0) is 7.82. The number of Topliss-reactive ketones (excluding diaryl/α,β-unsaturated/α-hetero) is 1. The minimum atomic E-state index is 0.0519. The van der Waals surface area contributed by atoms with Crippen molar-refractivity contribution in [3.63, 3.8) is 0 Å². The zero-order valence-electron chi connectivity index (χ0n) is 5.93. The molecule has 0 fully saturated rings. The van der Waals surface area contributed by atoms with Gasteiger partial charge in [-0.05, 0) is 0 Å². The number of rotatable bonds is 6. The monoisotopic (exact) mass is 210 g/mol. The molecule has 0 unspecified atom stereocenters. The second kappa shape index (κ2) is 7.18. The molecule has 0 aliphatic carbocycles. The second-order valence-electron chi connectivity index (χ2n) is 1.72. The molecule has 4 heteroatoms. The van der Waals surface area contributed by atoms with Crippen LogP contribution in [0.2, 0.25) is 0 Å². The van der Waals surface area contributed by atoms with Crippen molar-refractivity contribution in [3.8, 4) is 0 Å². The maximum atomic E-state index is 10.6. The van der Waals surface area contributed by atoms with Gasteiger partial charge in [0.1, 0.15) is 6.61 Å². The Morgan fingerprint density at radius 2 is 2.20 bits per heavy atom. The molecule has 0 radical (unpaired) electrons. The van der Waals surface area contributed by atoms with Gasteiger partial charge in [0, 0.05) is 7.11 Å². The quantitative estimate of drug-likeness (QED) is 0.477. The molecule has 0 spiro atoms. The fourth-order valence-corrected chi connectivity index (χ4v) is 0.529. The number of carbonyl (C=O) groups is 1. The Balaban J connectivity index is 2.96. The van der Waals surface area contributed by atoms with Crippen LogP contribution < -0.4 is 0 Å². The third-order valence-electron chi connectivity index (χ3n) is 0.844. The van der Waals surface area contributed by atoms with E-state index in [1.807, 2.05) is 0 Å². The lowest BCUT2D eigenvalue weighted by Crippen LogP contribution is -2.12. The Kier molecular flexibility index (Phi) is 7.23. The average molecular weight is 211 g/mol. The molecular weight excluding hydrogens is 200 g/mol. The van der Waals surface area contributed by atoms with Crippen LogP contribution in [-0.2, 0) is 14.3 Å². The van der Waals surface area contributed by atoms with Crippen LogP contribution in [-0.4, -0.2) is 38.0 Å². The summed E-state index contributed by atoms with van der Waals surface area (Å²) in [5.41, 5.74) is 0. The summed E-state index contributed by atoms with van der Waals surface area (Å²) in [6.45, 7) is 1.19. The molecule has 0 saturated carbocycles. The van der Waals surface area contributed by atoms with Gasteiger partial charge in [-0.2, -0.15) is 0 Å². The van der Waals surface area contributed by atoms with E-state index in [9.17, 15) is 4.79 Å². The first-order valence-corrected chi connectivity index (χ1v) is 4.07. The number of carbonyl (C=O) groups excluding carboxylic acids is 1. The lowest BCUT2D eigenvalue weighted by molar-refractivity contribution is -0.121. The minimum absolute atomic E-state index is 0.0519. The van der Waals surface area contributed by atoms with Gasteiger partial charge in [0.2, 0.25) is 0 Å². The van der Waals surface area contributed by atoms with Crippen molar-refractivity contribution in [1.29, 1.82) is 0 Å². The van der Waals surface area contributed by atoms with Gasteiger partial charge in [-0.25, -0.2) is 0 Å². The van der Waals surface area contributed by atoms with E-state index in [0.717, 1.165) is 0 Å². The minimum Gasteiger partial charge on any atom is -0.382 e. The molecule has 0 aromatic carbocycles. The molecule has 0 saturated heterocycles. The van der Waals surface area contributed by atoms with Gasteiger partial charge in [-0.15, -0.1) is 0 Å². The van der Waals surface area contributed by atoms with Gasteiger partial charge in [0.25, 0.3) is 0 Å². The third-order valence-corrected chi connectivity index (χ3v) is 1.47. The summed E-state index contributed by atoms with van der Waals surface area (Å²) in [4.78, 5) is 10.6. The van der Waals surface area contributed by atoms with Crippen molar-refractivity contribution in [2.45, 2.75) is 0 Å². The highest BCUT2D eigenvalue weighted by atomic mass is 79.9. The van der Waals surface area contributed by atoms with Crippen LogP contribution in [0.1, 0.15) is 0 Å². The van der Waals surface area contributed by atoms with Gasteiger partial charge in [-0.3, -0.25) is 4.79 Å². The summed E-state index contributed by atoms with van der Waals surface area (Å²) in [5, 5.41) is 0.361. The van der Waals surface area contributed by atoms with E-state index in [4.69, 9.17) is 9.47 Å². The third kappa shape index (κ3) is 6.19. The van der Waals surface area contributed by atoms with Crippen LogP contribution in [0.3, 0.4) is 0 Å². The highest BCUT2D eigenvalue weighted by Crippen LogP contribution is 1.84. The molecule has 0 aromatic rings. The van der Waals surface area contributed by atoms with Crippen molar-refractivity contribution in [2.75, 3.05) is 32.3 Å². The highest BCUT2D eigenvalue weighted by Gasteiger charge is 1.96. The zero-order valence-corrected chi connectivity index (χ0v) is 7.52. The molecule has 0 N–H and O–H groups in total. The lowest BCUT2D eigenvalue weighted by Gasteiger charge is -1.99. The first kappa shape index (κ1) is 10.1. The largest absolute Gasteiger partial charge is 0.382 e. The van der Waals surface area contributed by atoms with Crippen molar-refractivity contribution in [2.24, 2.45) is 0 Å². The molecule has 0 rings (SSSR count). The Morgan fingerprint density at radius 3 is 2.70 bits per heavy atom. The number of hydrogen-bond donors (Lipinski definition) is 0. The first-order valence-electron chi connectivity index (χ1n) is 2.95. The maximum Gasteiger partial charge on any atom is 0.168 e. The molecule has 0 aromatic heterocycles. The van der Waals surface area contributed by atoms with Crippen LogP contribution in [0.4, 0.5) is 0 Å². The van der Waals surface area contributed by atoms with E-state index >= 15 is 0 Å². The lowest BCUT2D eigenvalue weighted by atomic mass is 10.5. The van der Waals surface area contributed by atoms with Crippen molar-refractivity contribution < 1.29 is 14.3 Å². The van der Waals surface area contributed by atoms with E-state index in [0.29, 0.717) is 18.5 Å². The van der Waals surface area contributed by atoms with E-state index in [-0.39, 0.29) is 12.4 Å². The number of methoxy groups -OCH3 is 1. The van der Waals surface area contributed by atoms with Crippen LogP contribution >= 0.6 is 15.9 Å². The summed E-state index contributed by atoms with van der Waals surface area (Å²) in [5.74, 6) is 0.0519. The molecule has 10 heavy (non-hydrogen) atoms. The fourth-order valence-electron chi connectivity index (χ4n) is 0.367. The topological polar surface area (TPSA) is 35.5 Å². The summed E-state index contributed by atoms with van der Waals surface area (Å²) in [7, 11) is 1.59. The summed E-state index contributed by atoms with van der Waals surface area (Å²) in [6, 6.07) is 0. The van der Waals surface area contributed by atoms with E-state index in [1.54, 1.807) is 7.11 Å². The average Bonchev–Trinajstić information content (AvgIpc) is 1.98. The molecule has 0 amide bonds. The maximum absolute atomic E-state index is 10.6. The number of hydrogen-bond acceptors (Lipinski definition) is 3. The van der Waals surface area contributed by atoms with Gasteiger partial charge in [-0.1, -0.05) is 15.9 Å². The van der Waals surface area contributed by atoms with Gasteiger partial charge < -0.3 is 9.47 Å². The molecule has 3 nitrogen and oxygen atoms in total. The molecule has 0 bridgehead atoms. The van der Waals surface area contributed by atoms with E-state index in [2.05, 4.69) is 15.9 Å². The molecule has 0 heterocycles. The predicted molar refractivity (Wildman–Crippen MR) is 41.5 cm³/mol. The van der Waals surface area contributed by atoms with Crippen molar-refractivity contribution in [3.05, 3.63) is 0 Å². The number of ether oxygens (including phenoxy) is 2. The fraction of sp³-hybridized carbons (Fsp3) is 0.833. The summed E-state index contributed by atoms with van der Waals surface area (Å²) >= 11 is 3.02. The van der Waals surface area contributed by atoms with Crippen LogP contribution in [0.5, 0.6) is 0 Å². The number of ketones is 1. The highest BCUT2D eigenvalue weighted by molar-refractivity contribution is 9.09. The van der Waals surface area contributed by atoms with Crippen LogP contribution in [0.25, 0.3) is 0 Å². The molecule has 0 atom stereocenters. The SMILES string of the molecule is COCCOCC(=O)CBr. The molecule has 0 aliphatic heterocycles. The summed E-state index contributed by atoms with van der Waals surface area (Å²) < 4.78 is 9.63. The van der Waals surface area contributed by atoms with Gasteiger partial charge in [0.15, 0.2) is 5.78 Å². The standard InChI is InChI=1S/C6H11BrO3/c1-9-2-3-10-5-6(8)4-7/h2-5H2,1H3. The normalized spacial score (nSPS) is 9.80. The Bertz CT molecular complexity index is 95.0. The van der Waals surface area contributed by atoms with Gasteiger partial charge in [0.05, 0.1) is 18.5 Å². The van der Waals surface area contributed by atoms with Crippen LogP contribution in [0.15, 0.2) is 0 Å². The Hall–Kier alpha value is 0.0700. The van der Waals surface area contributed by atoms with E-state index < -0.39 is 0 Å². The van der Waals surface area contributed by atoms with Crippen molar-refractivity contribution >= 4 is 21.7 Å². The van der Waals surface area contributed by atoms with Gasteiger partial charge >= 0.3 is 0 Å². The molecular formula is C6H11BrO3. The molecule has 60 valence electrons. The predicted octanol–water partition coefficient (Wildman–Crippen LogP) is 0.613. The smallest absolute Gasteiger partial charge is 0.168 e. The number of halogens is 1. The first-order chi connectivity index (χ1) is 4.81. The van der Waals surface area contributed by atoms with Crippen molar-refractivity contribution in [1.82, 2.24) is 0 Å². The summed E-state index contributed by atoms with van der Waals surface area (Å²) in [6.07, 6.45) is 0. The molecule has 0 aliphatic rings. The number of alkyl halides is 1. The Labute approximate surface area is 68.8 Å².